The predicted molar refractivity (Wildman–Crippen MR) is 67.9 cm³/mol. The molecule has 2 rings (SSSR count). The maximum absolute atomic E-state index is 11.8. The second kappa shape index (κ2) is 6.29. The van der Waals surface area contributed by atoms with Crippen molar-refractivity contribution in [1.29, 1.82) is 0 Å². The summed E-state index contributed by atoms with van der Waals surface area (Å²) in [5.74, 6) is -0.00852. The highest BCUT2D eigenvalue weighted by molar-refractivity contribution is 6.42. The van der Waals surface area contributed by atoms with Gasteiger partial charge < -0.3 is 15.4 Å². The summed E-state index contributed by atoms with van der Waals surface area (Å²) < 4.78 is 5.43. The van der Waals surface area contributed by atoms with Gasteiger partial charge in [0.15, 0.2) is 11.0 Å². The molecule has 0 radical (unpaired) electrons. The second-order valence-corrected chi connectivity index (χ2v) is 4.51. The van der Waals surface area contributed by atoms with E-state index >= 15 is 0 Å². The largest absolute Gasteiger partial charge is 0.375 e. The number of carbonyl (C=O) groups excluding carboxylic acids is 1. The summed E-state index contributed by atoms with van der Waals surface area (Å²) in [7, 11) is 0. The molecular formula is C10H12Cl2N4O2. The standard InChI is InChI=1S/C10H12Cl2N4O2/c11-8-9(12)14-5-15-10(8)16-7(17)3-6-4-13-1-2-18-6/h5-6,13H,1-4H2,(H,14,15,16,17). The molecule has 98 valence electrons. The lowest BCUT2D eigenvalue weighted by Gasteiger charge is -2.22. The molecule has 2 heterocycles. The van der Waals surface area contributed by atoms with Crippen LogP contribution in [-0.4, -0.2) is 41.7 Å². The summed E-state index contributed by atoms with van der Waals surface area (Å²) in [6.45, 7) is 2.08. The molecule has 1 fully saturated rings. The van der Waals surface area contributed by atoms with Gasteiger partial charge in [0.1, 0.15) is 11.3 Å². The SMILES string of the molecule is O=C(CC1CNCCO1)Nc1ncnc(Cl)c1Cl. The van der Waals surface area contributed by atoms with Gasteiger partial charge in [-0.25, -0.2) is 9.97 Å². The molecule has 0 bridgehead atoms. The first kappa shape index (κ1) is 13.5. The van der Waals surface area contributed by atoms with Crippen molar-refractivity contribution in [2.24, 2.45) is 0 Å². The van der Waals surface area contributed by atoms with Gasteiger partial charge in [-0.2, -0.15) is 0 Å². The van der Waals surface area contributed by atoms with Crippen molar-refractivity contribution in [1.82, 2.24) is 15.3 Å². The normalized spacial score (nSPS) is 19.6. The van der Waals surface area contributed by atoms with E-state index in [1.807, 2.05) is 0 Å². The minimum absolute atomic E-state index is 0.109. The third-order valence-corrected chi connectivity index (χ3v) is 3.16. The first-order chi connectivity index (χ1) is 8.66. The molecule has 1 aliphatic heterocycles. The minimum Gasteiger partial charge on any atom is -0.375 e. The van der Waals surface area contributed by atoms with Crippen LogP contribution < -0.4 is 10.6 Å². The maximum atomic E-state index is 11.8. The first-order valence-corrected chi connectivity index (χ1v) is 6.20. The van der Waals surface area contributed by atoms with Crippen LogP contribution in [0.1, 0.15) is 6.42 Å². The van der Waals surface area contributed by atoms with Gasteiger partial charge in [-0.15, -0.1) is 0 Å². The van der Waals surface area contributed by atoms with Gasteiger partial charge in [0, 0.05) is 13.1 Å². The molecule has 1 amide bonds. The zero-order valence-electron chi connectivity index (χ0n) is 9.45. The van der Waals surface area contributed by atoms with E-state index in [-0.39, 0.29) is 34.4 Å². The van der Waals surface area contributed by atoms with Crippen LogP contribution in [0.15, 0.2) is 6.33 Å². The Balaban J connectivity index is 1.92. The Kier molecular flexibility index (Phi) is 4.71. The third kappa shape index (κ3) is 3.52. The molecule has 1 saturated heterocycles. The number of halogens is 2. The predicted octanol–water partition coefficient (Wildman–Crippen LogP) is 1.10. The fourth-order valence-corrected chi connectivity index (χ4v) is 1.85. The van der Waals surface area contributed by atoms with Crippen molar-refractivity contribution in [3.63, 3.8) is 0 Å². The lowest BCUT2D eigenvalue weighted by Crippen LogP contribution is -2.40. The van der Waals surface area contributed by atoms with Gasteiger partial charge in [0.2, 0.25) is 5.91 Å². The van der Waals surface area contributed by atoms with Crippen molar-refractivity contribution >= 4 is 34.9 Å². The topological polar surface area (TPSA) is 76.1 Å². The average Bonchev–Trinajstić information content (AvgIpc) is 2.36. The Morgan fingerprint density at radius 2 is 2.39 bits per heavy atom. The molecule has 0 aliphatic carbocycles. The average molecular weight is 291 g/mol. The fourth-order valence-electron chi connectivity index (χ4n) is 1.58. The highest BCUT2D eigenvalue weighted by Crippen LogP contribution is 2.25. The van der Waals surface area contributed by atoms with E-state index in [4.69, 9.17) is 27.9 Å². The Morgan fingerprint density at radius 1 is 1.56 bits per heavy atom. The Morgan fingerprint density at radius 3 is 3.11 bits per heavy atom. The van der Waals surface area contributed by atoms with Crippen LogP contribution in [0.2, 0.25) is 10.2 Å². The number of nitrogens with one attached hydrogen (secondary N) is 2. The van der Waals surface area contributed by atoms with Gasteiger partial charge in [-0.3, -0.25) is 4.79 Å². The lowest BCUT2D eigenvalue weighted by molar-refractivity contribution is -0.119. The number of ether oxygens (including phenoxy) is 1. The fraction of sp³-hybridized carbons (Fsp3) is 0.500. The summed E-state index contributed by atoms with van der Waals surface area (Å²) in [5, 5.41) is 5.97. The molecule has 0 spiro atoms. The third-order valence-electron chi connectivity index (χ3n) is 2.42. The first-order valence-electron chi connectivity index (χ1n) is 5.45. The van der Waals surface area contributed by atoms with Crippen LogP contribution in [-0.2, 0) is 9.53 Å². The van der Waals surface area contributed by atoms with E-state index in [9.17, 15) is 4.79 Å². The number of hydrogen-bond acceptors (Lipinski definition) is 5. The van der Waals surface area contributed by atoms with E-state index in [1.165, 1.54) is 6.33 Å². The second-order valence-electron chi connectivity index (χ2n) is 3.78. The molecule has 18 heavy (non-hydrogen) atoms. The van der Waals surface area contributed by atoms with Gasteiger partial charge in [0.05, 0.1) is 19.1 Å². The highest BCUT2D eigenvalue weighted by atomic mass is 35.5. The van der Waals surface area contributed by atoms with Crippen LogP contribution in [0.25, 0.3) is 0 Å². The number of carbonyl (C=O) groups is 1. The molecule has 1 aromatic heterocycles. The van der Waals surface area contributed by atoms with Gasteiger partial charge in [-0.1, -0.05) is 23.2 Å². The number of nitrogens with zero attached hydrogens (tertiary/aromatic N) is 2. The number of aromatic nitrogens is 2. The summed E-state index contributed by atoms with van der Waals surface area (Å²) in [6, 6.07) is 0. The molecule has 1 atom stereocenters. The van der Waals surface area contributed by atoms with Gasteiger partial charge >= 0.3 is 0 Å². The van der Waals surface area contributed by atoms with Crippen LogP contribution in [0.4, 0.5) is 5.82 Å². The number of morpholine rings is 1. The van der Waals surface area contributed by atoms with Crippen LogP contribution in [0.5, 0.6) is 0 Å². The molecule has 0 saturated carbocycles. The Labute approximate surface area is 114 Å². The summed E-state index contributed by atoms with van der Waals surface area (Å²) in [4.78, 5) is 19.3. The minimum atomic E-state index is -0.222. The number of anilines is 1. The summed E-state index contributed by atoms with van der Waals surface area (Å²) in [6.07, 6.45) is 1.35. The highest BCUT2D eigenvalue weighted by Gasteiger charge is 2.18. The van der Waals surface area contributed by atoms with Gasteiger partial charge in [-0.05, 0) is 0 Å². The van der Waals surface area contributed by atoms with Crippen molar-refractivity contribution in [3.05, 3.63) is 16.5 Å². The van der Waals surface area contributed by atoms with Crippen molar-refractivity contribution in [2.45, 2.75) is 12.5 Å². The van der Waals surface area contributed by atoms with E-state index in [0.717, 1.165) is 6.54 Å². The Bertz CT molecular complexity index is 438. The monoisotopic (exact) mass is 290 g/mol. The number of amides is 1. The van der Waals surface area contributed by atoms with E-state index in [2.05, 4.69) is 20.6 Å². The molecule has 0 aromatic carbocycles. The number of hydrogen-bond donors (Lipinski definition) is 2. The maximum Gasteiger partial charge on any atom is 0.228 e. The molecule has 2 N–H and O–H groups in total. The molecule has 8 heteroatoms. The zero-order chi connectivity index (χ0) is 13.0. The van der Waals surface area contributed by atoms with Crippen molar-refractivity contribution in [2.75, 3.05) is 25.0 Å². The molecule has 6 nitrogen and oxygen atoms in total. The zero-order valence-corrected chi connectivity index (χ0v) is 11.0. The van der Waals surface area contributed by atoms with Crippen LogP contribution in [0.3, 0.4) is 0 Å². The van der Waals surface area contributed by atoms with Gasteiger partial charge in [0.25, 0.3) is 0 Å². The van der Waals surface area contributed by atoms with E-state index in [1.54, 1.807) is 0 Å². The van der Waals surface area contributed by atoms with Crippen LogP contribution in [0, 0.1) is 0 Å². The van der Waals surface area contributed by atoms with E-state index < -0.39 is 0 Å². The summed E-state index contributed by atoms with van der Waals surface area (Å²) >= 11 is 11.6. The van der Waals surface area contributed by atoms with E-state index in [0.29, 0.717) is 13.2 Å². The number of rotatable bonds is 3. The van der Waals surface area contributed by atoms with Crippen molar-refractivity contribution < 1.29 is 9.53 Å². The summed E-state index contributed by atoms with van der Waals surface area (Å²) in [5.41, 5.74) is 0. The Hall–Kier alpha value is -0.950. The molecule has 1 aliphatic rings. The molecule has 1 aromatic rings. The smallest absolute Gasteiger partial charge is 0.228 e. The lowest BCUT2D eigenvalue weighted by atomic mass is 10.2. The molecular weight excluding hydrogens is 279 g/mol. The quantitative estimate of drug-likeness (QED) is 0.816. The van der Waals surface area contributed by atoms with Crippen LogP contribution >= 0.6 is 23.2 Å². The molecule has 1 unspecified atom stereocenters. The van der Waals surface area contributed by atoms with Crippen molar-refractivity contribution in [3.8, 4) is 0 Å².